The van der Waals surface area contributed by atoms with Gasteiger partial charge in [-0.05, 0) is 24.7 Å². The molecule has 3 heteroatoms. The molecule has 3 atom stereocenters. The van der Waals surface area contributed by atoms with Gasteiger partial charge in [0.25, 0.3) is 0 Å². The van der Waals surface area contributed by atoms with Crippen LogP contribution in [0.1, 0.15) is 32.1 Å². The smallest absolute Gasteiger partial charge is 0.178 e. The standard InChI is InChI=1S/C12H18O3/c13-8-11-10-4-2-1-3-9(10)7-12(11)14-5-6-15-12/h8-11H,1-7H2/t9-,10+,11+/m0/s1. The molecular weight excluding hydrogens is 192 g/mol. The van der Waals surface area contributed by atoms with E-state index in [1.807, 2.05) is 0 Å². The molecule has 0 radical (unpaired) electrons. The molecule has 0 N–H and O–H groups in total. The maximum Gasteiger partial charge on any atom is 0.178 e. The Bertz CT molecular complexity index is 258. The maximum absolute atomic E-state index is 11.3. The van der Waals surface area contributed by atoms with Crippen molar-refractivity contribution in [1.82, 2.24) is 0 Å². The van der Waals surface area contributed by atoms with Crippen LogP contribution in [0.25, 0.3) is 0 Å². The zero-order valence-corrected chi connectivity index (χ0v) is 8.98. The Labute approximate surface area is 90.1 Å². The lowest BCUT2D eigenvalue weighted by atomic mass is 9.78. The summed E-state index contributed by atoms with van der Waals surface area (Å²) in [6.07, 6.45) is 7.04. The molecule has 1 spiro atoms. The molecule has 84 valence electrons. The number of carbonyl (C=O) groups is 1. The van der Waals surface area contributed by atoms with E-state index in [0.717, 1.165) is 12.7 Å². The van der Waals surface area contributed by atoms with Crippen LogP contribution >= 0.6 is 0 Å². The van der Waals surface area contributed by atoms with E-state index < -0.39 is 5.79 Å². The Balaban J connectivity index is 1.87. The van der Waals surface area contributed by atoms with Crippen LogP contribution in [-0.4, -0.2) is 25.3 Å². The van der Waals surface area contributed by atoms with Gasteiger partial charge >= 0.3 is 0 Å². The first-order valence-corrected chi connectivity index (χ1v) is 6.09. The number of carbonyl (C=O) groups excluding carboxylic acids is 1. The van der Waals surface area contributed by atoms with Crippen molar-refractivity contribution in [2.24, 2.45) is 17.8 Å². The molecule has 15 heavy (non-hydrogen) atoms. The highest BCUT2D eigenvalue weighted by Gasteiger charge is 2.57. The summed E-state index contributed by atoms with van der Waals surface area (Å²) in [7, 11) is 0. The number of ether oxygens (including phenoxy) is 2. The summed E-state index contributed by atoms with van der Waals surface area (Å²) in [5.41, 5.74) is 0. The third-order valence-electron chi connectivity index (χ3n) is 4.41. The third-order valence-corrected chi connectivity index (χ3v) is 4.41. The van der Waals surface area contributed by atoms with Crippen LogP contribution in [0, 0.1) is 17.8 Å². The molecule has 1 saturated heterocycles. The lowest BCUT2D eigenvalue weighted by molar-refractivity contribution is -0.184. The van der Waals surface area contributed by atoms with Crippen LogP contribution in [0.3, 0.4) is 0 Å². The van der Waals surface area contributed by atoms with Crippen molar-refractivity contribution in [3.05, 3.63) is 0 Å². The van der Waals surface area contributed by atoms with E-state index in [4.69, 9.17) is 9.47 Å². The highest BCUT2D eigenvalue weighted by molar-refractivity contribution is 5.57. The van der Waals surface area contributed by atoms with E-state index in [0.29, 0.717) is 25.0 Å². The van der Waals surface area contributed by atoms with Crippen molar-refractivity contribution < 1.29 is 14.3 Å². The summed E-state index contributed by atoms with van der Waals surface area (Å²) in [4.78, 5) is 11.3. The van der Waals surface area contributed by atoms with E-state index in [9.17, 15) is 4.79 Å². The SMILES string of the molecule is O=C[C@@H]1[C@@H]2CCCC[C@H]2CC12OCCO2. The fourth-order valence-corrected chi connectivity index (χ4v) is 3.78. The summed E-state index contributed by atoms with van der Waals surface area (Å²) in [6, 6.07) is 0. The van der Waals surface area contributed by atoms with E-state index in [1.54, 1.807) is 0 Å². The first-order valence-electron chi connectivity index (χ1n) is 6.09. The molecule has 3 fully saturated rings. The van der Waals surface area contributed by atoms with Gasteiger partial charge in [0, 0.05) is 6.42 Å². The van der Waals surface area contributed by atoms with Gasteiger partial charge in [0.2, 0.25) is 0 Å². The molecule has 0 aromatic rings. The first kappa shape index (κ1) is 9.79. The summed E-state index contributed by atoms with van der Waals surface area (Å²) in [5.74, 6) is 0.647. The highest BCUT2D eigenvalue weighted by Crippen LogP contribution is 2.53. The molecule has 1 aliphatic heterocycles. The maximum atomic E-state index is 11.3. The minimum absolute atomic E-state index is 0.00898. The van der Waals surface area contributed by atoms with Gasteiger partial charge in [-0.25, -0.2) is 0 Å². The summed E-state index contributed by atoms with van der Waals surface area (Å²) < 4.78 is 11.5. The van der Waals surface area contributed by atoms with Gasteiger partial charge in [-0.3, -0.25) is 0 Å². The van der Waals surface area contributed by atoms with Crippen LogP contribution < -0.4 is 0 Å². The molecular formula is C12H18O3. The Morgan fingerprint density at radius 1 is 1.13 bits per heavy atom. The van der Waals surface area contributed by atoms with Crippen molar-refractivity contribution in [3.63, 3.8) is 0 Å². The Morgan fingerprint density at radius 2 is 1.87 bits per heavy atom. The molecule has 0 unspecified atom stereocenters. The zero-order chi connectivity index (χ0) is 10.3. The average molecular weight is 210 g/mol. The van der Waals surface area contributed by atoms with Crippen molar-refractivity contribution in [1.29, 1.82) is 0 Å². The van der Waals surface area contributed by atoms with Gasteiger partial charge in [-0.1, -0.05) is 12.8 Å². The van der Waals surface area contributed by atoms with Gasteiger partial charge in [0.15, 0.2) is 5.79 Å². The number of aldehydes is 1. The fourth-order valence-electron chi connectivity index (χ4n) is 3.78. The summed E-state index contributed by atoms with van der Waals surface area (Å²) >= 11 is 0. The van der Waals surface area contributed by atoms with E-state index in [-0.39, 0.29) is 5.92 Å². The average Bonchev–Trinajstić information content (AvgIpc) is 2.83. The fraction of sp³-hybridized carbons (Fsp3) is 0.917. The molecule has 0 aromatic heterocycles. The topological polar surface area (TPSA) is 35.5 Å². The van der Waals surface area contributed by atoms with Crippen molar-refractivity contribution >= 4 is 6.29 Å². The van der Waals surface area contributed by atoms with Gasteiger partial charge in [-0.15, -0.1) is 0 Å². The minimum Gasteiger partial charge on any atom is -0.347 e. The lowest BCUT2D eigenvalue weighted by Gasteiger charge is -2.29. The largest absolute Gasteiger partial charge is 0.347 e. The molecule has 3 aliphatic rings. The number of hydrogen-bond acceptors (Lipinski definition) is 3. The molecule has 3 nitrogen and oxygen atoms in total. The third kappa shape index (κ3) is 1.36. The molecule has 2 aliphatic carbocycles. The monoisotopic (exact) mass is 210 g/mol. The van der Waals surface area contributed by atoms with Crippen LogP contribution in [0.15, 0.2) is 0 Å². The van der Waals surface area contributed by atoms with E-state index in [2.05, 4.69) is 0 Å². The second kappa shape index (κ2) is 3.56. The van der Waals surface area contributed by atoms with Gasteiger partial charge in [0.05, 0.1) is 19.1 Å². The van der Waals surface area contributed by atoms with Crippen LogP contribution in [0.2, 0.25) is 0 Å². The zero-order valence-electron chi connectivity index (χ0n) is 8.98. The Hall–Kier alpha value is -0.410. The summed E-state index contributed by atoms with van der Waals surface area (Å²) in [5, 5.41) is 0. The van der Waals surface area contributed by atoms with Crippen molar-refractivity contribution in [2.45, 2.75) is 37.9 Å². The predicted molar refractivity (Wildman–Crippen MR) is 54.3 cm³/mol. The molecule has 3 rings (SSSR count). The molecule has 0 amide bonds. The van der Waals surface area contributed by atoms with Gasteiger partial charge in [-0.2, -0.15) is 0 Å². The van der Waals surface area contributed by atoms with Crippen LogP contribution in [-0.2, 0) is 14.3 Å². The van der Waals surface area contributed by atoms with Gasteiger partial charge < -0.3 is 14.3 Å². The Kier molecular flexibility index (Phi) is 2.33. The van der Waals surface area contributed by atoms with Crippen molar-refractivity contribution in [2.75, 3.05) is 13.2 Å². The molecule has 0 aromatic carbocycles. The molecule has 1 heterocycles. The van der Waals surface area contributed by atoms with E-state index >= 15 is 0 Å². The van der Waals surface area contributed by atoms with Gasteiger partial charge in [0.1, 0.15) is 6.29 Å². The van der Waals surface area contributed by atoms with E-state index in [1.165, 1.54) is 25.7 Å². The Morgan fingerprint density at radius 3 is 2.60 bits per heavy atom. The second-order valence-electron chi connectivity index (χ2n) is 5.08. The highest BCUT2D eigenvalue weighted by atomic mass is 16.7. The second-order valence-corrected chi connectivity index (χ2v) is 5.08. The lowest BCUT2D eigenvalue weighted by Crippen LogP contribution is -2.37. The number of fused-ring (bicyclic) bond motifs is 1. The van der Waals surface area contributed by atoms with Crippen LogP contribution in [0.5, 0.6) is 0 Å². The predicted octanol–water partition coefficient (Wildman–Crippen LogP) is 1.75. The molecule has 2 saturated carbocycles. The first-order chi connectivity index (χ1) is 7.36. The normalized spacial score (nSPS) is 43.1. The molecule has 0 bridgehead atoms. The number of hydrogen-bond donors (Lipinski definition) is 0. The quantitative estimate of drug-likeness (QED) is 0.619. The van der Waals surface area contributed by atoms with Crippen molar-refractivity contribution in [3.8, 4) is 0 Å². The van der Waals surface area contributed by atoms with Crippen LogP contribution in [0.4, 0.5) is 0 Å². The minimum atomic E-state index is -0.526. The summed E-state index contributed by atoms with van der Waals surface area (Å²) in [6.45, 7) is 1.31. The number of rotatable bonds is 1.